The normalized spacial score (nSPS) is 15.1. The van der Waals surface area contributed by atoms with E-state index in [4.69, 9.17) is 5.11 Å². The fraction of sp³-hybridized carbons (Fsp3) is 0.455. The van der Waals surface area contributed by atoms with E-state index < -0.39 is 5.97 Å². The zero-order valence-corrected chi connectivity index (χ0v) is 11.2. The molecule has 0 aromatic carbocycles. The average Bonchev–Trinajstić information content (AvgIpc) is 2.96. The molecule has 3 heterocycles. The largest absolute Gasteiger partial charge is 0.480 e. The minimum absolute atomic E-state index is 0.308. The molecule has 1 saturated heterocycles. The van der Waals surface area contributed by atoms with Crippen molar-refractivity contribution < 1.29 is 9.90 Å². The van der Waals surface area contributed by atoms with E-state index >= 15 is 0 Å². The monoisotopic (exact) mass is 290 g/mol. The molecule has 0 unspecified atom stereocenters. The van der Waals surface area contributed by atoms with Crippen LogP contribution >= 0.6 is 0 Å². The third-order valence-electron chi connectivity index (χ3n) is 3.03. The topological polar surface area (TPSA) is 122 Å². The Kier molecular flexibility index (Phi) is 3.69. The van der Waals surface area contributed by atoms with Crippen molar-refractivity contribution in [3.63, 3.8) is 0 Å². The van der Waals surface area contributed by atoms with E-state index in [1.165, 1.54) is 0 Å². The summed E-state index contributed by atoms with van der Waals surface area (Å²) in [5.74, 6) is -0.0504. The Morgan fingerprint density at radius 2 is 2.00 bits per heavy atom. The first-order valence-corrected chi connectivity index (χ1v) is 6.50. The third kappa shape index (κ3) is 3.11. The zero-order chi connectivity index (χ0) is 14.7. The number of tetrazole rings is 1. The van der Waals surface area contributed by atoms with Crippen molar-refractivity contribution in [3.8, 4) is 11.4 Å². The van der Waals surface area contributed by atoms with Gasteiger partial charge in [-0.2, -0.15) is 4.80 Å². The lowest BCUT2D eigenvalue weighted by Crippen LogP contribution is -2.44. The van der Waals surface area contributed by atoms with E-state index in [0.29, 0.717) is 17.3 Å². The van der Waals surface area contributed by atoms with E-state index in [0.717, 1.165) is 31.0 Å². The summed E-state index contributed by atoms with van der Waals surface area (Å²) >= 11 is 0. The third-order valence-corrected chi connectivity index (χ3v) is 3.03. The highest BCUT2D eigenvalue weighted by atomic mass is 16.4. The van der Waals surface area contributed by atoms with Crippen molar-refractivity contribution in [2.75, 3.05) is 31.1 Å². The minimum atomic E-state index is -1.02. The molecule has 2 aromatic heterocycles. The molecule has 0 bridgehead atoms. The highest BCUT2D eigenvalue weighted by Gasteiger charge is 2.14. The van der Waals surface area contributed by atoms with Gasteiger partial charge < -0.3 is 15.3 Å². The summed E-state index contributed by atoms with van der Waals surface area (Å²) in [5, 5.41) is 23.4. The minimum Gasteiger partial charge on any atom is -0.480 e. The first-order valence-electron chi connectivity index (χ1n) is 6.50. The molecule has 2 N–H and O–H groups in total. The van der Waals surface area contributed by atoms with Crippen LogP contribution in [0.15, 0.2) is 12.4 Å². The molecule has 0 aliphatic carbocycles. The smallest absolute Gasteiger partial charge is 0.327 e. The zero-order valence-electron chi connectivity index (χ0n) is 11.2. The van der Waals surface area contributed by atoms with Crippen molar-refractivity contribution >= 4 is 11.9 Å². The molecule has 0 saturated carbocycles. The Bertz CT molecular complexity index is 619. The van der Waals surface area contributed by atoms with Crippen LogP contribution in [-0.4, -0.2) is 67.4 Å². The molecular weight excluding hydrogens is 276 g/mol. The summed E-state index contributed by atoms with van der Waals surface area (Å²) in [5.41, 5.74) is 0.602. The summed E-state index contributed by atoms with van der Waals surface area (Å²) in [6, 6.07) is 0. The van der Waals surface area contributed by atoms with Gasteiger partial charge in [-0.25, -0.2) is 9.97 Å². The average molecular weight is 290 g/mol. The maximum Gasteiger partial charge on any atom is 0.327 e. The quantitative estimate of drug-likeness (QED) is 0.701. The molecule has 0 radical (unpaired) electrons. The standard InChI is InChI=1S/C11H14N8O2/c20-9(21)7-19-16-10(15-17-19)8-5-13-11(14-6-8)18-3-1-12-2-4-18/h5-6,12H,1-4,7H2,(H,20,21). The van der Waals surface area contributed by atoms with Crippen molar-refractivity contribution in [3.05, 3.63) is 12.4 Å². The van der Waals surface area contributed by atoms with Crippen LogP contribution in [-0.2, 0) is 11.3 Å². The summed E-state index contributed by atoms with van der Waals surface area (Å²) in [6.45, 7) is 3.23. The van der Waals surface area contributed by atoms with Crippen molar-refractivity contribution in [2.24, 2.45) is 0 Å². The maximum absolute atomic E-state index is 10.6. The maximum atomic E-state index is 10.6. The number of aliphatic carboxylic acids is 1. The second-order valence-electron chi connectivity index (χ2n) is 4.55. The van der Waals surface area contributed by atoms with E-state index in [-0.39, 0.29) is 6.54 Å². The summed E-state index contributed by atoms with van der Waals surface area (Å²) < 4.78 is 0. The Hall–Kier alpha value is -2.62. The van der Waals surface area contributed by atoms with Crippen LogP contribution < -0.4 is 10.2 Å². The predicted molar refractivity (Wildman–Crippen MR) is 71.6 cm³/mol. The molecule has 0 atom stereocenters. The molecule has 0 amide bonds. The molecule has 10 nitrogen and oxygen atoms in total. The van der Waals surface area contributed by atoms with Crippen LogP contribution in [0.1, 0.15) is 0 Å². The number of nitrogens with zero attached hydrogens (tertiary/aromatic N) is 7. The number of piperazine rings is 1. The Labute approximate surface area is 119 Å². The molecule has 1 aliphatic heterocycles. The van der Waals surface area contributed by atoms with Gasteiger partial charge in [0.15, 0.2) is 6.54 Å². The SMILES string of the molecule is O=C(O)Cn1nnc(-c2cnc(N3CCNCC3)nc2)n1. The van der Waals surface area contributed by atoms with Gasteiger partial charge in [0.2, 0.25) is 11.8 Å². The molecule has 21 heavy (non-hydrogen) atoms. The van der Waals surface area contributed by atoms with Gasteiger partial charge in [0.25, 0.3) is 0 Å². The van der Waals surface area contributed by atoms with E-state index in [2.05, 4.69) is 35.6 Å². The van der Waals surface area contributed by atoms with Crippen LogP contribution in [0.2, 0.25) is 0 Å². The number of rotatable bonds is 4. The van der Waals surface area contributed by atoms with Crippen LogP contribution in [0.4, 0.5) is 5.95 Å². The van der Waals surface area contributed by atoms with Gasteiger partial charge in [-0.1, -0.05) is 0 Å². The number of anilines is 1. The number of carbonyl (C=O) groups is 1. The fourth-order valence-electron chi connectivity index (χ4n) is 2.01. The van der Waals surface area contributed by atoms with E-state index in [1.54, 1.807) is 12.4 Å². The molecule has 3 rings (SSSR count). The second-order valence-corrected chi connectivity index (χ2v) is 4.55. The molecule has 110 valence electrons. The van der Waals surface area contributed by atoms with Crippen LogP contribution in [0.5, 0.6) is 0 Å². The lowest BCUT2D eigenvalue weighted by molar-refractivity contribution is -0.138. The summed E-state index contributed by atoms with van der Waals surface area (Å²) in [4.78, 5) is 22.3. The number of aromatic nitrogens is 6. The number of nitrogens with one attached hydrogen (secondary N) is 1. The lowest BCUT2D eigenvalue weighted by Gasteiger charge is -2.27. The molecular formula is C11H14N8O2. The van der Waals surface area contributed by atoms with Crippen molar-refractivity contribution in [1.82, 2.24) is 35.5 Å². The molecule has 1 fully saturated rings. The number of hydrogen-bond acceptors (Lipinski definition) is 8. The fourth-order valence-corrected chi connectivity index (χ4v) is 2.01. The molecule has 2 aromatic rings. The van der Waals surface area contributed by atoms with E-state index in [9.17, 15) is 4.79 Å². The highest BCUT2D eigenvalue weighted by Crippen LogP contribution is 2.14. The van der Waals surface area contributed by atoms with Gasteiger partial charge in [-0.05, 0) is 5.21 Å². The second kappa shape index (κ2) is 5.79. The first kappa shape index (κ1) is 13.4. The van der Waals surface area contributed by atoms with Gasteiger partial charge >= 0.3 is 5.97 Å². The molecule has 0 spiro atoms. The summed E-state index contributed by atoms with van der Waals surface area (Å²) in [6.07, 6.45) is 3.24. The predicted octanol–water partition coefficient (Wildman–Crippen LogP) is -1.38. The van der Waals surface area contributed by atoms with Crippen molar-refractivity contribution in [1.29, 1.82) is 0 Å². The van der Waals surface area contributed by atoms with Gasteiger partial charge in [0.05, 0.1) is 5.56 Å². The Morgan fingerprint density at radius 1 is 1.29 bits per heavy atom. The van der Waals surface area contributed by atoms with Crippen molar-refractivity contribution in [2.45, 2.75) is 6.54 Å². The Morgan fingerprint density at radius 3 is 2.67 bits per heavy atom. The highest BCUT2D eigenvalue weighted by molar-refractivity contribution is 5.66. The van der Waals surface area contributed by atoms with E-state index in [1.807, 2.05) is 0 Å². The Balaban J connectivity index is 1.74. The van der Waals surface area contributed by atoms with Gasteiger partial charge in [-0.3, -0.25) is 4.79 Å². The van der Waals surface area contributed by atoms with Crippen LogP contribution in [0.25, 0.3) is 11.4 Å². The summed E-state index contributed by atoms with van der Waals surface area (Å²) in [7, 11) is 0. The number of hydrogen-bond donors (Lipinski definition) is 2. The number of carboxylic acid groups (broad SMARTS) is 1. The van der Waals surface area contributed by atoms with Crippen LogP contribution in [0.3, 0.4) is 0 Å². The van der Waals surface area contributed by atoms with Gasteiger partial charge in [0, 0.05) is 38.6 Å². The molecule has 1 aliphatic rings. The first-order chi connectivity index (χ1) is 10.2. The van der Waals surface area contributed by atoms with Crippen LogP contribution in [0, 0.1) is 0 Å². The number of carboxylic acids is 1. The lowest BCUT2D eigenvalue weighted by atomic mass is 10.3. The molecule has 10 heteroatoms. The van der Waals surface area contributed by atoms with Gasteiger partial charge in [0.1, 0.15) is 0 Å². The van der Waals surface area contributed by atoms with Gasteiger partial charge in [-0.15, -0.1) is 10.2 Å².